The highest BCUT2D eigenvalue weighted by Crippen LogP contribution is 2.58. The molecule has 1 spiro atoms. The van der Waals surface area contributed by atoms with E-state index in [1.807, 2.05) is 31.3 Å². The van der Waals surface area contributed by atoms with E-state index in [9.17, 15) is 22.8 Å². The highest BCUT2D eigenvalue weighted by molar-refractivity contribution is 6.31. The highest BCUT2D eigenvalue weighted by atomic mass is 35.5. The van der Waals surface area contributed by atoms with Gasteiger partial charge in [-0.2, -0.15) is 13.2 Å². The number of carbonyl (C=O) groups is 2. The number of aryl methyl sites for hydroxylation is 1. The summed E-state index contributed by atoms with van der Waals surface area (Å²) in [6, 6.07) is 13.6. The van der Waals surface area contributed by atoms with Crippen LogP contribution >= 0.6 is 11.6 Å². The minimum Gasteiger partial charge on any atom is -0.493 e. The molecule has 3 aliphatic carbocycles. The van der Waals surface area contributed by atoms with Crippen LogP contribution in [0.1, 0.15) is 94.0 Å². The molecule has 1 heterocycles. The van der Waals surface area contributed by atoms with Crippen LogP contribution in [0.25, 0.3) is 0 Å². The smallest absolute Gasteiger partial charge is 0.471 e. The van der Waals surface area contributed by atoms with E-state index in [4.69, 9.17) is 31.5 Å². The predicted octanol–water partition coefficient (Wildman–Crippen LogP) is 8.50. The molecule has 0 bridgehead atoms. The topological polar surface area (TPSA) is 104 Å². The summed E-state index contributed by atoms with van der Waals surface area (Å²) in [5, 5.41) is 0.136. The Morgan fingerprint density at radius 1 is 1.09 bits per heavy atom. The van der Waals surface area contributed by atoms with E-state index in [1.54, 1.807) is 0 Å². The molecule has 2 aromatic carbocycles. The van der Waals surface area contributed by atoms with E-state index in [-0.39, 0.29) is 41.5 Å². The lowest BCUT2D eigenvalue weighted by Gasteiger charge is -2.51. The van der Waals surface area contributed by atoms with Gasteiger partial charge in [-0.25, -0.2) is 4.79 Å². The number of pyridine rings is 1. The average Bonchev–Trinajstić information content (AvgIpc) is 3.42. The third kappa shape index (κ3) is 7.61. The molecule has 4 atom stereocenters. The van der Waals surface area contributed by atoms with Crippen LogP contribution in [-0.2, 0) is 32.6 Å². The maximum absolute atomic E-state index is 14.3. The predicted molar refractivity (Wildman–Crippen MR) is 198 cm³/mol. The zero-order valence-corrected chi connectivity index (χ0v) is 31.6. The van der Waals surface area contributed by atoms with Crippen molar-refractivity contribution in [3.63, 3.8) is 0 Å². The molecule has 3 aliphatic rings. The van der Waals surface area contributed by atoms with Gasteiger partial charge >= 0.3 is 18.1 Å². The van der Waals surface area contributed by atoms with Gasteiger partial charge in [-0.05, 0) is 135 Å². The largest absolute Gasteiger partial charge is 0.493 e. The van der Waals surface area contributed by atoms with Gasteiger partial charge in [0, 0.05) is 34.7 Å². The van der Waals surface area contributed by atoms with Gasteiger partial charge in [-0.3, -0.25) is 14.7 Å². The molecule has 1 fully saturated rings. The van der Waals surface area contributed by atoms with E-state index < -0.39 is 29.0 Å². The van der Waals surface area contributed by atoms with Crippen LogP contribution in [0.2, 0.25) is 5.02 Å². The SMILES string of the molecule is COC(=O)C1(N(C(=O)C(F)(F)F)c2cccc(Cl)c2)CCC2(CC1)c1cc(O[C@@H](C)CN)ccc1C[C@@H]2C[C@@H](C)COc1ccnc2c1[C@H](C)CCC2. The number of alkyl halides is 3. The van der Waals surface area contributed by atoms with E-state index in [0.717, 1.165) is 61.8 Å². The molecule has 2 N–H and O–H groups in total. The average molecular weight is 756 g/mol. The van der Waals surface area contributed by atoms with Gasteiger partial charge in [-0.1, -0.05) is 37.6 Å². The number of halogens is 4. The fourth-order valence-electron chi connectivity index (χ4n) is 9.19. The second-order valence-corrected chi connectivity index (χ2v) is 15.7. The molecule has 8 nitrogen and oxygen atoms in total. The molecule has 1 saturated carbocycles. The van der Waals surface area contributed by atoms with Gasteiger partial charge in [0.15, 0.2) is 0 Å². The second kappa shape index (κ2) is 15.5. The second-order valence-electron chi connectivity index (χ2n) is 15.3. The Morgan fingerprint density at radius 2 is 1.85 bits per heavy atom. The minimum absolute atomic E-state index is 0.0554. The van der Waals surface area contributed by atoms with Crippen molar-refractivity contribution in [3.8, 4) is 11.5 Å². The summed E-state index contributed by atoms with van der Waals surface area (Å²) in [5.41, 5.74) is 7.81. The number of fused-ring (bicyclic) bond motifs is 3. The van der Waals surface area contributed by atoms with Crippen LogP contribution in [0.15, 0.2) is 54.7 Å². The fraction of sp³-hybridized carbons (Fsp3) is 0.537. The number of benzene rings is 2. The minimum atomic E-state index is -5.26. The van der Waals surface area contributed by atoms with Crippen molar-refractivity contribution >= 4 is 29.2 Å². The van der Waals surface area contributed by atoms with Gasteiger partial charge in [0.1, 0.15) is 23.1 Å². The van der Waals surface area contributed by atoms with Crippen LogP contribution in [0.3, 0.4) is 0 Å². The third-order valence-electron chi connectivity index (χ3n) is 11.8. The molecule has 6 rings (SSSR count). The van der Waals surface area contributed by atoms with Crippen molar-refractivity contribution in [2.45, 2.75) is 108 Å². The van der Waals surface area contributed by atoms with E-state index in [1.165, 1.54) is 29.8 Å². The number of nitrogens with zero attached hydrogens (tertiary/aromatic N) is 2. The summed E-state index contributed by atoms with van der Waals surface area (Å²) in [4.78, 5) is 32.3. The quantitative estimate of drug-likeness (QED) is 0.196. The maximum Gasteiger partial charge on any atom is 0.471 e. The lowest BCUT2D eigenvalue weighted by molar-refractivity contribution is -0.174. The Hall–Kier alpha value is -3.83. The zero-order chi connectivity index (χ0) is 38.1. The zero-order valence-electron chi connectivity index (χ0n) is 30.8. The number of esters is 1. The molecule has 0 saturated heterocycles. The summed E-state index contributed by atoms with van der Waals surface area (Å²) in [5.74, 6) is -0.921. The Morgan fingerprint density at radius 3 is 2.53 bits per heavy atom. The van der Waals surface area contributed by atoms with Gasteiger partial charge in [0.25, 0.3) is 0 Å². The van der Waals surface area contributed by atoms with Crippen molar-refractivity contribution < 1.29 is 37.0 Å². The summed E-state index contributed by atoms with van der Waals surface area (Å²) < 4.78 is 60.9. The number of rotatable bonds is 11. The Labute approximate surface area is 314 Å². The molecular weight excluding hydrogens is 707 g/mol. The van der Waals surface area contributed by atoms with Crippen molar-refractivity contribution in [1.82, 2.24) is 4.98 Å². The summed E-state index contributed by atoms with van der Waals surface area (Å²) in [6.07, 6.45) is 1.57. The lowest BCUT2D eigenvalue weighted by Crippen LogP contribution is -2.63. The Bertz CT molecular complexity index is 1810. The van der Waals surface area contributed by atoms with Gasteiger partial charge in [-0.15, -0.1) is 0 Å². The summed E-state index contributed by atoms with van der Waals surface area (Å²) in [6.45, 7) is 7.09. The van der Waals surface area contributed by atoms with Gasteiger partial charge in [0.2, 0.25) is 0 Å². The van der Waals surface area contributed by atoms with Crippen LogP contribution in [-0.4, -0.2) is 54.9 Å². The molecular formula is C41H49ClF3N3O5. The Kier molecular flexibility index (Phi) is 11.4. The van der Waals surface area contributed by atoms with Gasteiger partial charge in [0.05, 0.1) is 13.7 Å². The maximum atomic E-state index is 14.3. The summed E-state index contributed by atoms with van der Waals surface area (Å²) in [7, 11) is 1.14. The molecule has 1 aromatic heterocycles. The number of methoxy groups -OCH3 is 1. The fourth-order valence-corrected chi connectivity index (χ4v) is 9.38. The molecule has 286 valence electrons. The number of carbonyl (C=O) groups excluding carboxylic acids is 2. The number of amides is 1. The van der Waals surface area contributed by atoms with E-state index in [2.05, 4.69) is 24.9 Å². The number of anilines is 1. The lowest BCUT2D eigenvalue weighted by atomic mass is 9.59. The first kappa shape index (κ1) is 38.9. The molecule has 0 unspecified atom stereocenters. The van der Waals surface area contributed by atoms with Crippen LogP contribution in [0.4, 0.5) is 18.9 Å². The monoisotopic (exact) mass is 755 g/mol. The third-order valence-corrected chi connectivity index (χ3v) is 12.0. The first-order valence-corrected chi connectivity index (χ1v) is 19.0. The first-order valence-electron chi connectivity index (χ1n) is 18.6. The number of aromatic nitrogens is 1. The number of hydrogen-bond acceptors (Lipinski definition) is 7. The van der Waals surface area contributed by atoms with Crippen LogP contribution in [0.5, 0.6) is 11.5 Å². The molecule has 12 heteroatoms. The molecule has 0 radical (unpaired) electrons. The summed E-state index contributed by atoms with van der Waals surface area (Å²) >= 11 is 6.23. The van der Waals surface area contributed by atoms with Crippen LogP contribution < -0.4 is 20.1 Å². The van der Waals surface area contributed by atoms with Crippen molar-refractivity contribution in [2.24, 2.45) is 17.6 Å². The van der Waals surface area contributed by atoms with Gasteiger partial charge < -0.3 is 19.9 Å². The van der Waals surface area contributed by atoms with Crippen molar-refractivity contribution in [1.29, 1.82) is 0 Å². The van der Waals surface area contributed by atoms with Crippen LogP contribution in [0, 0.1) is 11.8 Å². The molecule has 1 amide bonds. The first-order chi connectivity index (χ1) is 25.2. The highest BCUT2D eigenvalue weighted by Gasteiger charge is 2.60. The Balaban J connectivity index is 1.34. The van der Waals surface area contributed by atoms with Crippen molar-refractivity contribution in [3.05, 3.63) is 82.1 Å². The standard InChI is InChI=1S/C41H49ClF3N3O5/c1-25(24-52-35-13-18-47-34-10-5-7-26(2)36(34)35)19-29-20-28-11-12-32(53-27(3)23-46)22-33(28)39(29)14-16-40(17-15-39,38(50)51-4)48(37(49)41(43,44)45)31-9-6-8-30(42)21-31/h6,8-9,11-13,18,21-22,25-27,29H,5,7,10,14-17,19-20,23-24,46H2,1-4H3/t25-,26-,27+,29+,39?,40?/m1/s1. The van der Waals surface area contributed by atoms with Crippen molar-refractivity contribution in [2.75, 3.05) is 25.2 Å². The number of ether oxygens (including phenoxy) is 3. The number of hydrogen-bond donors (Lipinski definition) is 1. The molecule has 53 heavy (non-hydrogen) atoms. The van der Waals surface area contributed by atoms with E-state index in [0.29, 0.717) is 42.6 Å². The van der Waals surface area contributed by atoms with E-state index >= 15 is 0 Å². The molecule has 3 aromatic rings. The number of nitrogens with two attached hydrogens (primary N) is 1. The normalized spacial score (nSPS) is 24.8. The molecule has 0 aliphatic heterocycles.